The lowest BCUT2D eigenvalue weighted by Crippen LogP contribution is -2.60. The fourth-order valence-corrected chi connectivity index (χ4v) is 2.39. The summed E-state index contributed by atoms with van der Waals surface area (Å²) < 4.78 is 10.7. The molecule has 0 bridgehead atoms. The SMILES string of the molecule is O=C(O)CCc1ccc(O)cc1O[C@@H]1O[C@H](CO)[C@@H](O)[C@H](O)[C@H]1O. The van der Waals surface area contributed by atoms with Crippen LogP contribution in [0.5, 0.6) is 11.5 Å². The van der Waals surface area contributed by atoms with Crippen LogP contribution in [-0.2, 0) is 16.0 Å². The maximum atomic E-state index is 10.7. The molecule has 0 radical (unpaired) electrons. The van der Waals surface area contributed by atoms with Gasteiger partial charge >= 0.3 is 5.97 Å². The first-order valence-corrected chi connectivity index (χ1v) is 7.34. The van der Waals surface area contributed by atoms with Crippen LogP contribution >= 0.6 is 0 Å². The van der Waals surface area contributed by atoms with Crippen LogP contribution in [0.25, 0.3) is 0 Å². The number of phenols is 1. The minimum absolute atomic E-state index is 0.0700. The molecule has 0 saturated carbocycles. The number of carbonyl (C=O) groups is 1. The van der Waals surface area contributed by atoms with Gasteiger partial charge in [0.15, 0.2) is 0 Å². The van der Waals surface area contributed by atoms with Crippen molar-refractivity contribution in [2.45, 2.75) is 43.5 Å². The number of ether oxygens (including phenoxy) is 2. The van der Waals surface area contributed by atoms with Gasteiger partial charge in [-0.3, -0.25) is 4.79 Å². The molecular weight excluding hydrogens is 324 g/mol. The van der Waals surface area contributed by atoms with Gasteiger partial charge in [0.05, 0.1) is 6.61 Å². The van der Waals surface area contributed by atoms with E-state index in [1.54, 1.807) is 0 Å². The van der Waals surface area contributed by atoms with Gasteiger partial charge < -0.3 is 40.1 Å². The predicted molar refractivity (Wildman–Crippen MR) is 78.5 cm³/mol. The molecule has 2 rings (SSSR count). The first-order valence-electron chi connectivity index (χ1n) is 7.34. The van der Waals surface area contributed by atoms with Gasteiger partial charge in [0.2, 0.25) is 6.29 Å². The Bertz CT molecular complexity index is 574. The van der Waals surface area contributed by atoms with Gasteiger partial charge in [0.1, 0.15) is 35.9 Å². The molecule has 9 heteroatoms. The fourth-order valence-electron chi connectivity index (χ4n) is 2.39. The van der Waals surface area contributed by atoms with E-state index in [0.29, 0.717) is 5.56 Å². The average Bonchev–Trinajstić information content (AvgIpc) is 2.54. The van der Waals surface area contributed by atoms with Crippen LogP contribution in [0.3, 0.4) is 0 Å². The number of aliphatic hydroxyl groups is 4. The zero-order valence-corrected chi connectivity index (χ0v) is 12.6. The van der Waals surface area contributed by atoms with Crippen molar-refractivity contribution in [3.05, 3.63) is 23.8 Å². The number of hydrogen-bond acceptors (Lipinski definition) is 8. The number of aromatic hydroxyl groups is 1. The molecule has 5 atom stereocenters. The molecule has 0 amide bonds. The van der Waals surface area contributed by atoms with Gasteiger partial charge in [-0.25, -0.2) is 0 Å². The van der Waals surface area contributed by atoms with Crippen LogP contribution in [0.2, 0.25) is 0 Å². The molecule has 1 aliphatic rings. The van der Waals surface area contributed by atoms with Gasteiger partial charge in [-0.2, -0.15) is 0 Å². The molecule has 1 aromatic carbocycles. The summed E-state index contributed by atoms with van der Waals surface area (Å²) >= 11 is 0. The van der Waals surface area contributed by atoms with Gasteiger partial charge in [-0.1, -0.05) is 6.07 Å². The predicted octanol–water partition coefficient (Wildman–Crippen LogP) is -1.41. The highest BCUT2D eigenvalue weighted by molar-refractivity contribution is 5.67. The number of hydrogen-bond donors (Lipinski definition) is 6. The Labute approximate surface area is 137 Å². The first kappa shape index (κ1) is 18.4. The molecule has 0 aromatic heterocycles. The number of carboxylic acids is 1. The topological polar surface area (TPSA) is 157 Å². The third-order valence-corrected chi connectivity index (χ3v) is 3.75. The van der Waals surface area contributed by atoms with Crippen molar-refractivity contribution in [2.75, 3.05) is 6.61 Å². The number of benzene rings is 1. The average molecular weight is 344 g/mol. The van der Waals surface area contributed by atoms with Crippen LogP contribution in [0.1, 0.15) is 12.0 Å². The smallest absolute Gasteiger partial charge is 0.303 e. The molecule has 0 aliphatic carbocycles. The number of aryl methyl sites for hydroxylation is 1. The number of aliphatic carboxylic acids is 1. The highest BCUT2D eigenvalue weighted by Crippen LogP contribution is 2.30. The van der Waals surface area contributed by atoms with Crippen molar-refractivity contribution >= 4 is 5.97 Å². The lowest BCUT2D eigenvalue weighted by Gasteiger charge is -2.39. The molecule has 134 valence electrons. The molecule has 1 aromatic rings. The lowest BCUT2D eigenvalue weighted by atomic mass is 9.99. The van der Waals surface area contributed by atoms with E-state index in [0.717, 1.165) is 0 Å². The molecule has 0 spiro atoms. The molecular formula is C15H20O9. The number of aliphatic hydroxyl groups excluding tert-OH is 4. The Balaban J connectivity index is 2.19. The molecule has 1 saturated heterocycles. The van der Waals surface area contributed by atoms with E-state index in [9.17, 15) is 25.2 Å². The standard InChI is InChI=1S/C15H20O9/c16-6-10-12(20)13(21)14(22)15(24-10)23-9-5-8(17)3-1-7(9)2-4-11(18)19/h1,3,5,10,12-17,20-22H,2,4,6H2,(H,18,19)/t10-,12-,13+,14-,15-/m1/s1. The monoisotopic (exact) mass is 344 g/mol. The number of rotatable bonds is 6. The van der Waals surface area contributed by atoms with E-state index in [1.165, 1.54) is 18.2 Å². The van der Waals surface area contributed by atoms with Crippen LogP contribution in [0.4, 0.5) is 0 Å². The van der Waals surface area contributed by atoms with E-state index < -0.39 is 43.3 Å². The maximum absolute atomic E-state index is 10.7. The Morgan fingerprint density at radius 3 is 2.50 bits per heavy atom. The zero-order valence-electron chi connectivity index (χ0n) is 12.6. The molecule has 1 heterocycles. The Morgan fingerprint density at radius 2 is 1.88 bits per heavy atom. The van der Waals surface area contributed by atoms with Gasteiger partial charge in [-0.15, -0.1) is 0 Å². The molecule has 6 N–H and O–H groups in total. The highest BCUT2D eigenvalue weighted by Gasteiger charge is 2.44. The van der Waals surface area contributed by atoms with Gasteiger partial charge in [-0.05, 0) is 18.1 Å². The summed E-state index contributed by atoms with van der Waals surface area (Å²) in [6, 6.07) is 4.05. The van der Waals surface area contributed by atoms with Crippen LogP contribution in [-0.4, -0.2) is 73.9 Å². The Kier molecular flexibility index (Phi) is 5.97. The number of phenolic OH excluding ortho intramolecular Hbond substituents is 1. The molecule has 9 nitrogen and oxygen atoms in total. The molecule has 0 unspecified atom stereocenters. The Hall–Kier alpha value is -1.91. The largest absolute Gasteiger partial charge is 0.508 e. The zero-order chi connectivity index (χ0) is 17.9. The summed E-state index contributed by atoms with van der Waals surface area (Å²) in [7, 11) is 0. The summed E-state index contributed by atoms with van der Waals surface area (Å²) in [6.07, 6.45) is -7.31. The van der Waals surface area contributed by atoms with Crippen molar-refractivity contribution in [3.8, 4) is 11.5 Å². The highest BCUT2D eigenvalue weighted by atomic mass is 16.7. The van der Waals surface area contributed by atoms with Crippen molar-refractivity contribution < 1.29 is 44.9 Å². The van der Waals surface area contributed by atoms with Crippen molar-refractivity contribution in [3.63, 3.8) is 0 Å². The third kappa shape index (κ3) is 4.13. The van der Waals surface area contributed by atoms with Crippen molar-refractivity contribution in [1.82, 2.24) is 0 Å². The third-order valence-electron chi connectivity index (χ3n) is 3.75. The second-order valence-corrected chi connectivity index (χ2v) is 5.50. The summed E-state index contributed by atoms with van der Waals surface area (Å²) in [5.41, 5.74) is 0.451. The minimum atomic E-state index is -1.60. The van der Waals surface area contributed by atoms with Crippen LogP contribution in [0, 0.1) is 0 Å². The number of carboxylic acid groups (broad SMARTS) is 1. The minimum Gasteiger partial charge on any atom is -0.508 e. The summed E-state index contributed by atoms with van der Waals surface area (Å²) in [6.45, 7) is -0.600. The summed E-state index contributed by atoms with van der Waals surface area (Å²) in [5.74, 6) is -1.09. The molecule has 24 heavy (non-hydrogen) atoms. The van der Waals surface area contributed by atoms with Crippen molar-refractivity contribution in [2.24, 2.45) is 0 Å². The quantitative estimate of drug-likeness (QED) is 0.365. The van der Waals surface area contributed by atoms with E-state index in [4.69, 9.17) is 19.7 Å². The summed E-state index contributed by atoms with van der Waals surface area (Å²) in [4.78, 5) is 10.7. The van der Waals surface area contributed by atoms with E-state index in [2.05, 4.69) is 0 Å². The van der Waals surface area contributed by atoms with Gasteiger partial charge in [0, 0.05) is 12.5 Å². The lowest BCUT2D eigenvalue weighted by molar-refractivity contribution is -0.277. The molecule has 1 fully saturated rings. The summed E-state index contributed by atoms with van der Waals surface area (Å²) in [5, 5.41) is 56.9. The van der Waals surface area contributed by atoms with E-state index in [1.807, 2.05) is 0 Å². The second kappa shape index (κ2) is 7.77. The fraction of sp³-hybridized carbons (Fsp3) is 0.533. The van der Waals surface area contributed by atoms with Crippen LogP contribution in [0.15, 0.2) is 18.2 Å². The van der Waals surface area contributed by atoms with E-state index in [-0.39, 0.29) is 24.3 Å². The Morgan fingerprint density at radius 1 is 1.17 bits per heavy atom. The molecule has 1 aliphatic heterocycles. The van der Waals surface area contributed by atoms with Gasteiger partial charge in [0.25, 0.3) is 0 Å². The second-order valence-electron chi connectivity index (χ2n) is 5.50. The van der Waals surface area contributed by atoms with E-state index >= 15 is 0 Å². The van der Waals surface area contributed by atoms with Crippen molar-refractivity contribution in [1.29, 1.82) is 0 Å². The van der Waals surface area contributed by atoms with Crippen LogP contribution < -0.4 is 4.74 Å². The normalized spacial score (nSPS) is 30.1. The first-order chi connectivity index (χ1) is 11.3. The maximum Gasteiger partial charge on any atom is 0.303 e.